The second kappa shape index (κ2) is 9.63. The van der Waals surface area contributed by atoms with Crippen molar-refractivity contribution in [3.05, 3.63) is 35.9 Å². The second-order valence-electron chi connectivity index (χ2n) is 5.06. The molecule has 0 aromatic heterocycles. The van der Waals surface area contributed by atoms with Crippen LogP contribution in [-0.4, -0.2) is 44.0 Å². The summed E-state index contributed by atoms with van der Waals surface area (Å²) in [6.45, 7) is 2.23. The Hall–Kier alpha value is -1.27. The van der Waals surface area contributed by atoms with Gasteiger partial charge in [0.25, 0.3) is 0 Å². The maximum absolute atomic E-state index is 11.3. The predicted molar refractivity (Wildman–Crippen MR) is 80.7 cm³/mol. The van der Waals surface area contributed by atoms with Crippen LogP contribution in [0.3, 0.4) is 0 Å². The molecule has 0 radical (unpaired) electrons. The van der Waals surface area contributed by atoms with Crippen molar-refractivity contribution in [1.82, 2.24) is 5.32 Å². The van der Waals surface area contributed by atoms with Crippen LogP contribution in [0.4, 0.5) is 0 Å². The van der Waals surface area contributed by atoms with Crippen LogP contribution < -0.4 is 5.32 Å². The number of ether oxygens (including phenoxy) is 2. The maximum atomic E-state index is 11.3. The number of carbonyl (C=O) groups is 1. The molecule has 0 unspecified atom stereocenters. The maximum Gasteiger partial charge on any atom is 0.158 e. The van der Waals surface area contributed by atoms with E-state index in [2.05, 4.69) is 5.32 Å². The molecular formula is C16H25NO4. The first-order chi connectivity index (χ1) is 10.1. The average Bonchev–Trinajstić information content (AvgIpc) is 2.50. The van der Waals surface area contributed by atoms with Crippen LogP contribution in [0, 0.1) is 5.92 Å². The van der Waals surface area contributed by atoms with Gasteiger partial charge in [-0.15, -0.1) is 0 Å². The van der Waals surface area contributed by atoms with E-state index in [1.807, 2.05) is 30.3 Å². The van der Waals surface area contributed by atoms with Gasteiger partial charge < -0.3 is 24.7 Å². The van der Waals surface area contributed by atoms with Gasteiger partial charge in [0.05, 0.1) is 12.0 Å². The molecule has 0 heterocycles. The van der Waals surface area contributed by atoms with Crippen LogP contribution in [0.15, 0.2) is 30.3 Å². The molecular weight excluding hydrogens is 270 g/mol. The Kier molecular flexibility index (Phi) is 8.15. The highest BCUT2D eigenvalue weighted by atomic mass is 16.7. The molecule has 0 saturated heterocycles. The summed E-state index contributed by atoms with van der Waals surface area (Å²) >= 11 is 0. The van der Waals surface area contributed by atoms with E-state index in [1.54, 1.807) is 21.1 Å². The van der Waals surface area contributed by atoms with E-state index in [0.717, 1.165) is 11.8 Å². The van der Waals surface area contributed by atoms with Crippen molar-refractivity contribution in [3.63, 3.8) is 0 Å². The molecule has 3 atom stereocenters. The number of hydrogen-bond donors (Lipinski definition) is 2. The first-order valence-corrected chi connectivity index (χ1v) is 7.08. The standard InChI is InChI=1S/C16H25NO4/c1-12(19)14(11-18)15(9-16(20-2)21-3)17-10-13-7-5-4-6-8-13/h4-8,11-12,14-17,19H,9-10H2,1-3H3/t12-,14-,15+/m0/s1. The third-order valence-corrected chi connectivity index (χ3v) is 3.56. The number of nitrogens with one attached hydrogen (secondary N) is 1. The van der Waals surface area contributed by atoms with Crippen molar-refractivity contribution in [1.29, 1.82) is 0 Å². The normalized spacial score (nSPS) is 15.7. The van der Waals surface area contributed by atoms with Crippen molar-refractivity contribution < 1.29 is 19.4 Å². The lowest BCUT2D eigenvalue weighted by Crippen LogP contribution is -2.44. The summed E-state index contributed by atoms with van der Waals surface area (Å²) < 4.78 is 10.4. The monoisotopic (exact) mass is 295 g/mol. The molecule has 5 nitrogen and oxygen atoms in total. The van der Waals surface area contributed by atoms with Gasteiger partial charge in [0.15, 0.2) is 6.29 Å². The lowest BCUT2D eigenvalue weighted by Gasteiger charge is -2.29. The van der Waals surface area contributed by atoms with Gasteiger partial charge in [-0.2, -0.15) is 0 Å². The number of methoxy groups -OCH3 is 2. The number of aldehydes is 1. The van der Waals surface area contributed by atoms with Gasteiger partial charge >= 0.3 is 0 Å². The van der Waals surface area contributed by atoms with Crippen LogP contribution in [0.25, 0.3) is 0 Å². The van der Waals surface area contributed by atoms with Crippen molar-refractivity contribution in [2.45, 2.75) is 38.3 Å². The van der Waals surface area contributed by atoms with Crippen LogP contribution >= 0.6 is 0 Å². The Labute approximate surface area is 126 Å². The minimum atomic E-state index is -0.731. The third kappa shape index (κ3) is 5.93. The summed E-state index contributed by atoms with van der Waals surface area (Å²) in [4.78, 5) is 11.3. The molecule has 0 saturated carbocycles. The van der Waals surface area contributed by atoms with E-state index in [1.165, 1.54) is 0 Å². The Balaban J connectivity index is 2.73. The highest BCUT2D eigenvalue weighted by Gasteiger charge is 2.27. The second-order valence-corrected chi connectivity index (χ2v) is 5.06. The van der Waals surface area contributed by atoms with E-state index in [9.17, 15) is 9.90 Å². The fourth-order valence-corrected chi connectivity index (χ4v) is 2.26. The average molecular weight is 295 g/mol. The number of aliphatic hydroxyl groups is 1. The van der Waals surface area contributed by atoms with E-state index in [-0.39, 0.29) is 6.04 Å². The van der Waals surface area contributed by atoms with Gasteiger partial charge in [0.1, 0.15) is 6.29 Å². The van der Waals surface area contributed by atoms with E-state index < -0.39 is 18.3 Å². The zero-order chi connectivity index (χ0) is 15.7. The number of rotatable bonds is 10. The van der Waals surface area contributed by atoms with Gasteiger partial charge in [0, 0.05) is 33.2 Å². The van der Waals surface area contributed by atoms with Crippen LogP contribution in [0.5, 0.6) is 0 Å². The summed E-state index contributed by atoms with van der Waals surface area (Å²) in [7, 11) is 3.11. The summed E-state index contributed by atoms with van der Waals surface area (Å²) in [6.07, 6.45) is 0.119. The third-order valence-electron chi connectivity index (χ3n) is 3.56. The molecule has 0 amide bonds. The quantitative estimate of drug-likeness (QED) is 0.504. The molecule has 0 spiro atoms. The van der Waals surface area contributed by atoms with E-state index in [4.69, 9.17) is 9.47 Å². The molecule has 0 bridgehead atoms. The molecule has 0 aliphatic heterocycles. The smallest absolute Gasteiger partial charge is 0.158 e. The minimum absolute atomic E-state index is 0.229. The minimum Gasteiger partial charge on any atom is -0.393 e. The molecule has 118 valence electrons. The largest absolute Gasteiger partial charge is 0.393 e. The summed E-state index contributed by atoms with van der Waals surface area (Å²) in [5.74, 6) is -0.512. The molecule has 0 aliphatic carbocycles. The molecule has 1 aromatic carbocycles. The number of hydrogen-bond acceptors (Lipinski definition) is 5. The van der Waals surface area contributed by atoms with Crippen molar-refractivity contribution in [3.8, 4) is 0 Å². The molecule has 21 heavy (non-hydrogen) atoms. The lowest BCUT2D eigenvalue weighted by atomic mass is 9.93. The molecule has 5 heteroatoms. The fourth-order valence-electron chi connectivity index (χ4n) is 2.26. The lowest BCUT2D eigenvalue weighted by molar-refractivity contribution is -0.124. The number of aliphatic hydroxyl groups excluding tert-OH is 1. The van der Waals surface area contributed by atoms with Gasteiger partial charge in [-0.05, 0) is 12.5 Å². The first-order valence-electron chi connectivity index (χ1n) is 7.08. The van der Waals surface area contributed by atoms with Gasteiger partial charge in [-0.3, -0.25) is 0 Å². The Morgan fingerprint density at radius 3 is 2.33 bits per heavy atom. The predicted octanol–water partition coefficient (Wildman–Crippen LogP) is 1.35. The van der Waals surface area contributed by atoms with Gasteiger partial charge in [-0.1, -0.05) is 30.3 Å². The highest BCUT2D eigenvalue weighted by molar-refractivity contribution is 5.55. The summed E-state index contributed by atoms with van der Waals surface area (Å²) in [6, 6.07) is 9.67. The fraction of sp³-hybridized carbons (Fsp3) is 0.562. The Bertz CT molecular complexity index is 393. The highest BCUT2D eigenvalue weighted by Crippen LogP contribution is 2.15. The topological polar surface area (TPSA) is 67.8 Å². The first kappa shape index (κ1) is 17.8. The van der Waals surface area contributed by atoms with Crippen molar-refractivity contribution in [2.75, 3.05) is 14.2 Å². The zero-order valence-electron chi connectivity index (χ0n) is 12.9. The van der Waals surface area contributed by atoms with Crippen molar-refractivity contribution >= 4 is 6.29 Å². The van der Waals surface area contributed by atoms with Crippen LogP contribution in [-0.2, 0) is 20.8 Å². The van der Waals surface area contributed by atoms with E-state index >= 15 is 0 Å². The summed E-state index contributed by atoms with van der Waals surface area (Å²) in [5.41, 5.74) is 1.11. The number of carbonyl (C=O) groups excluding carboxylic acids is 1. The molecule has 0 fully saturated rings. The van der Waals surface area contributed by atoms with Crippen molar-refractivity contribution in [2.24, 2.45) is 5.92 Å². The zero-order valence-corrected chi connectivity index (χ0v) is 12.9. The summed E-state index contributed by atoms with van der Waals surface area (Å²) in [5, 5.41) is 13.1. The SMILES string of the molecule is COC(C[C@@H](NCc1ccccc1)[C@@H](C=O)[C@H](C)O)OC. The molecule has 2 N–H and O–H groups in total. The van der Waals surface area contributed by atoms with E-state index in [0.29, 0.717) is 13.0 Å². The molecule has 1 aromatic rings. The van der Waals surface area contributed by atoms with Gasteiger partial charge in [-0.25, -0.2) is 0 Å². The van der Waals surface area contributed by atoms with Gasteiger partial charge in [0.2, 0.25) is 0 Å². The Morgan fingerprint density at radius 2 is 1.86 bits per heavy atom. The van der Waals surface area contributed by atoms with Crippen LogP contribution in [0.1, 0.15) is 18.9 Å². The molecule has 1 rings (SSSR count). The number of benzene rings is 1. The Morgan fingerprint density at radius 1 is 1.24 bits per heavy atom. The molecule has 0 aliphatic rings. The van der Waals surface area contributed by atoms with Crippen LogP contribution in [0.2, 0.25) is 0 Å².